The summed E-state index contributed by atoms with van der Waals surface area (Å²) in [7, 11) is 0. The van der Waals surface area contributed by atoms with Crippen molar-refractivity contribution in [2.45, 2.75) is 6.54 Å². The second kappa shape index (κ2) is 6.28. The van der Waals surface area contributed by atoms with E-state index in [1.807, 2.05) is 18.2 Å². The van der Waals surface area contributed by atoms with Crippen molar-refractivity contribution in [1.82, 2.24) is 10.3 Å². The second-order valence-electron chi connectivity index (χ2n) is 3.85. The topological polar surface area (TPSA) is 42.0 Å². The minimum atomic E-state index is 0.0441. The molecule has 0 unspecified atom stereocenters. The molecule has 0 saturated carbocycles. The Bertz CT molecular complexity index is 511. The zero-order valence-corrected chi connectivity index (χ0v) is 10.5. The Balaban J connectivity index is 1.84. The van der Waals surface area contributed by atoms with Crippen molar-refractivity contribution in [3.63, 3.8) is 0 Å². The summed E-state index contributed by atoms with van der Waals surface area (Å²) in [5.74, 6) is 0.0441. The van der Waals surface area contributed by atoms with Gasteiger partial charge >= 0.3 is 0 Å². The smallest absolute Gasteiger partial charge is 0.176 e. The molecule has 18 heavy (non-hydrogen) atoms. The molecule has 1 N–H and O–H groups in total. The average molecular weight is 261 g/mol. The predicted octanol–water partition coefficient (Wildman–Crippen LogP) is 2.71. The normalized spacial score (nSPS) is 10.3. The summed E-state index contributed by atoms with van der Waals surface area (Å²) in [6.07, 6.45) is 1.73. The van der Waals surface area contributed by atoms with Crippen molar-refractivity contribution >= 4 is 17.4 Å². The molecule has 0 fully saturated rings. The predicted molar refractivity (Wildman–Crippen MR) is 71.7 cm³/mol. The Hall–Kier alpha value is -1.71. The molecule has 0 radical (unpaired) electrons. The van der Waals surface area contributed by atoms with E-state index in [1.165, 1.54) is 0 Å². The highest BCUT2D eigenvalue weighted by molar-refractivity contribution is 6.30. The molecular formula is C14H13ClN2O. The van der Waals surface area contributed by atoms with Gasteiger partial charge in [0.1, 0.15) is 0 Å². The minimum absolute atomic E-state index is 0.0441. The van der Waals surface area contributed by atoms with Gasteiger partial charge in [0, 0.05) is 23.3 Å². The van der Waals surface area contributed by atoms with E-state index in [9.17, 15) is 4.79 Å². The SMILES string of the molecule is O=C(CNCc1ccccn1)c1ccc(Cl)cc1. The maximum Gasteiger partial charge on any atom is 0.176 e. The van der Waals surface area contributed by atoms with E-state index in [1.54, 1.807) is 30.5 Å². The number of aromatic nitrogens is 1. The van der Waals surface area contributed by atoms with E-state index in [-0.39, 0.29) is 12.3 Å². The number of Topliss-reactive ketones (excluding diaryl/α,β-unsaturated/α-hetero) is 1. The fourth-order valence-corrected chi connectivity index (χ4v) is 1.67. The van der Waals surface area contributed by atoms with Crippen molar-refractivity contribution in [3.8, 4) is 0 Å². The third kappa shape index (κ3) is 3.65. The van der Waals surface area contributed by atoms with Gasteiger partial charge in [0.2, 0.25) is 0 Å². The Morgan fingerprint density at radius 3 is 2.61 bits per heavy atom. The standard InChI is InChI=1S/C14H13ClN2O/c15-12-6-4-11(5-7-12)14(18)10-16-9-13-3-1-2-8-17-13/h1-8,16H,9-10H2. The lowest BCUT2D eigenvalue weighted by atomic mass is 10.1. The first kappa shape index (κ1) is 12.7. The van der Waals surface area contributed by atoms with Gasteiger partial charge in [0.25, 0.3) is 0 Å². The highest BCUT2D eigenvalue weighted by atomic mass is 35.5. The molecule has 0 bridgehead atoms. The number of benzene rings is 1. The highest BCUT2D eigenvalue weighted by Crippen LogP contribution is 2.09. The molecule has 0 amide bonds. The number of ketones is 1. The Labute approximate surface area is 111 Å². The van der Waals surface area contributed by atoms with E-state index in [4.69, 9.17) is 11.6 Å². The molecule has 2 aromatic rings. The molecule has 0 aliphatic rings. The van der Waals surface area contributed by atoms with Gasteiger partial charge in [-0.1, -0.05) is 17.7 Å². The molecule has 4 heteroatoms. The minimum Gasteiger partial charge on any atom is -0.304 e. The van der Waals surface area contributed by atoms with Crippen LogP contribution in [-0.2, 0) is 6.54 Å². The van der Waals surface area contributed by atoms with E-state index >= 15 is 0 Å². The molecule has 0 atom stereocenters. The average Bonchev–Trinajstić information content (AvgIpc) is 2.40. The van der Waals surface area contributed by atoms with Crippen LogP contribution >= 0.6 is 11.6 Å². The van der Waals surface area contributed by atoms with E-state index in [0.717, 1.165) is 5.69 Å². The summed E-state index contributed by atoms with van der Waals surface area (Å²) in [5, 5.41) is 3.70. The zero-order chi connectivity index (χ0) is 12.8. The number of rotatable bonds is 5. The number of nitrogens with zero attached hydrogens (tertiary/aromatic N) is 1. The molecule has 0 aliphatic heterocycles. The molecule has 2 rings (SSSR count). The van der Waals surface area contributed by atoms with Crippen molar-refractivity contribution < 1.29 is 4.79 Å². The first-order valence-electron chi connectivity index (χ1n) is 5.65. The van der Waals surface area contributed by atoms with E-state index in [2.05, 4.69) is 10.3 Å². The number of halogens is 1. The van der Waals surface area contributed by atoms with Crippen LogP contribution in [0.4, 0.5) is 0 Å². The zero-order valence-electron chi connectivity index (χ0n) is 9.77. The first-order chi connectivity index (χ1) is 8.75. The van der Waals surface area contributed by atoms with E-state index < -0.39 is 0 Å². The van der Waals surface area contributed by atoms with Crippen LogP contribution in [-0.4, -0.2) is 17.3 Å². The van der Waals surface area contributed by atoms with Gasteiger partial charge in [-0.2, -0.15) is 0 Å². The summed E-state index contributed by atoms with van der Waals surface area (Å²) in [4.78, 5) is 16.0. The lowest BCUT2D eigenvalue weighted by molar-refractivity contribution is 0.0990. The number of hydrogen-bond acceptors (Lipinski definition) is 3. The van der Waals surface area contributed by atoms with Crippen LogP contribution in [0.2, 0.25) is 5.02 Å². The van der Waals surface area contributed by atoms with Crippen LogP contribution in [0.5, 0.6) is 0 Å². The second-order valence-corrected chi connectivity index (χ2v) is 4.29. The van der Waals surface area contributed by atoms with Crippen LogP contribution in [0, 0.1) is 0 Å². The van der Waals surface area contributed by atoms with Crippen LogP contribution in [0.15, 0.2) is 48.7 Å². The first-order valence-corrected chi connectivity index (χ1v) is 6.03. The molecule has 92 valence electrons. The Morgan fingerprint density at radius 1 is 1.17 bits per heavy atom. The van der Waals surface area contributed by atoms with Gasteiger partial charge in [0.15, 0.2) is 5.78 Å². The number of nitrogens with one attached hydrogen (secondary N) is 1. The third-order valence-electron chi connectivity index (χ3n) is 2.48. The van der Waals surface area contributed by atoms with Crippen molar-refractivity contribution in [3.05, 3.63) is 64.9 Å². The summed E-state index contributed by atoms with van der Waals surface area (Å²) in [6, 6.07) is 12.6. The summed E-state index contributed by atoms with van der Waals surface area (Å²) >= 11 is 5.77. The lowest BCUT2D eigenvalue weighted by Gasteiger charge is -2.04. The number of carbonyl (C=O) groups excluding carboxylic acids is 1. The van der Waals surface area contributed by atoms with Crippen LogP contribution in [0.1, 0.15) is 16.1 Å². The van der Waals surface area contributed by atoms with Gasteiger partial charge in [-0.25, -0.2) is 0 Å². The molecule has 1 aromatic carbocycles. The maximum atomic E-state index is 11.8. The summed E-state index contributed by atoms with van der Waals surface area (Å²) < 4.78 is 0. The van der Waals surface area contributed by atoms with Crippen molar-refractivity contribution in [1.29, 1.82) is 0 Å². The van der Waals surface area contributed by atoms with Gasteiger partial charge in [-0.15, -0.1) is 0 Å². The molecule has 3 nitrogen and oxygen atoms in total. The fraction of sp³-hybridized carbons (Fsp3) is 0.143. The highest BCUT2D eigenvalue weighted by Gasteiger charge is 2.04. The number of pyridine rings is 1. The Morgan fingerprint density at radius 2 is 1.94 bits per heavy atom. The maximum absolute atomic E-state index is 11.8. The van der Waals surface area contributed by atoms with Crippen molar-refractivity contribution in [2.75, 3.05) is 6.54 Å². The van der Waals surface area contributed by atoms with Gasteiger partial charge in [0.05, 0.1) is 12.2 Å². The lowest BCUT2D eigenvalue weighted by Crippen LogP contribution is -2.22. The largest absolute Gasteiger partial charge is 0.304 e. The third-order valence-corrected chi connectivity index (χ3v) is 2.74. The van der Waals surface area contributed by atoms with Gasteiger partial charge in [-0.05, 0) is 36.4 Å². The number of carbonyl (C=O) groups is 1. The van der Waals surface area contributed by atoms with Gasteiger partial charge < -0.3 is 5.32 Å². The fourth-order valence-electron chi connectivity index (χ4n) is 1.54. The van der Waals surface area contributed by atoms with Crippen LogP contribution in [0.25, 0.3) is 0 Å². The van der Waals surface area contributed by atoms with Gasteiger partial charge in [-0.3, -0.25) is 9.78 Å². The molecule has 0 saturated heterocycles. The summed E-state index contributed by atoms with van der Waals surface area (Å²) in [6.45, 7) is 0.873. The summed E-state index contributed by atoms with van der Waals surface area (Å²) in [5.41, 5.74) is 1.58. The molecule has 0 spiro atoms. The molecule has 0 aliphatic carbocycles. The quantitative estimate of drug-likeness (QED) is 0.841. The molecule has 1 heterocycles. The van der Waals surface area contributed by atoms with Crippen LogP contribution in [0.3, 0.4) is 0 Å². The Kier molecular flexibility index (Phi) is 4.45. The molecule has 1 aromatic heterocycles. The monoisotopic (exact) mass is 260 g/mol. The van der Waals surface area contributed by atoms with E-state index in [0.29, 0.717) is 17.1 Å². The van der Waals surface area contributed by atoms with Crippen molar-refractivity contribution in [2.24, 2.45) is 0 Å². The molecular weight excluding hydrogens is 248 g/mol. The van der Waals surface area contributed by atoms with Crippen LogP contribution < -0.4 is 5.32 Å². The number of hydrogen-bond donors (Lipinski definition) is 1.